The number of hydrogen-bond acceptors (Lipinski definition) is 2. The van der Waals surface area contributed by atoms with Crippen LogP contribution in [0.2, 0.25) is 0 Å². The summed E-state index contributed by atoms with van der Waals surface area (Å²) in [5.41, 5.74) is 6.20. The smallest absolute Gasteiger partial charge is 0.227 e. The first kappa shape index (κ1) is 14.0. The quantitative estimate of drug-likeness (QED) is 0.903. The lowest BCUT2D eigenvalue weighted by molar-refractivity contribution is -0.131. The summed E-state index contributed by atoms with van der Waals surface area (Å²) >= 11 is 0. The van der Waals surface area contributed by atoms with Crippen molar-refractivity contribution in [3.8, 4) is 0 Å². The number of benzene rings is 1. The van der Waals surface area contributed by atoms with Gasteiger partial charge in [0.25, 0.3) is 0 Å². The predicted molar refractivity (Wildman–Crippen MR) is 73.1 cm³/mol. The third kappa shape index (κ3) is 3.13. The zero-order chi connectivity index (χ0) is 13.8. The fourth-order valence-corrected chi connectivity index (χ4v) is 2.92. The van der Waals surface area contributed by atoms with Crippen LogP contribution in [0.25, 0.3) is 0 Å². The minimum absolute atomic E-state index is 0.0320. The Balaban J connectivity index is 2.02. The van der Waals surface area contributed by atoms with E-state index in [0.29, 0.717) is 18.0 Å². The molecule has 1 saturated carbocycles. The molecule has 1 aromatic rings. The molecule has 4 heteroatoms. The van der Waals surface area contributed by atoms with Crippen LogP contribution in [0.3, 0.4) is 0 Å². The molecule has 0 aromatic heterocycles. The van der Waals surface area contributed by atoms with Crippen LogP contribution < -0.4 is 5.73 Å². The molecule has 0 spiro atoms. The lowest BCUT2D eigenvalue weighted by atomic mass is 10.0. The van der Waals surface area contributed by atoms with E-state index >= 15 is 0 Å². The topological polar surface area (TPSA) is 46.3 Å². The Labute approximate surface area is 113 Å². The average Bonchev–Trinajstić information content (AvgIpc) is 2.88. The van der Waals surface area contributed by atoms with Crippen LogP contribution in [0, 0.1) is 11.7 Å². The zero-order valence-corrected chi connectivity index (χ0v) is 11.3. The Bertz CT molecular complexity index is 450. The zero-order valence-electron chi connectivity index (χ0n) is 11.3. The number of carbonyl (C=O) groups excluding carboxylic acids is 1. The van der Waals surface area contributed by atoms with E-state index in [0.717, 1.165) is 19.3 Å². The minimum atomic E-state index is -0.314. The van der Waals surface area contributed by atoms with E-state index in [2.05, 4.69) is 0 Å². The summed E-state index contributed by atoms with van der Waals surface area (Å²) in [7, 11) is 1.81. The van der Waals surface area contributed by atoms with E-state index in [4.69, 9.17) is 5.73 Å². The number of hydrogen-bond donors (Lipinski definition) is 1. The van der Waals surface area contributed by atoms with Gasteiger partial charge in [0.05, 0.1) is 6.42 Å². The van der Waals surface area contributed by atoms with Gasteiger partial charge < -0.3 is 10.6 Å². The molecule has 2 N–H and O–H groups in total. The maximum atomic E-state index is 13.5. The fraction of sp³-hybridized carbons (Fsp3) is 0.533. The minimum Gasteiger partial charge on any atom is -0.342 e. The second-order valence-electron chi connectivity index (χ2n) is 5.27. The summed E-state index contributed by atoms with van der Waals surface area (Å²) < 4.78 is 13.5. The molecule has 1 amide bonds. The Morgan fingerprint density at radius 3 is 2.84 bits per heavy atom. The molecule has 0 radical (unpaired) electrons. The highest BCUT2D eigenvalue weighted by molar-refractivity contribution is 5.79. The van der Waals surface area contributed by atoms with E-state index in [9.17, 15) is 9.18 Å². The molecule has 2 atom stereocenters. The Morgan fingerprint density at radius 2 is 2.16 bits per heavy atom. The number of halogens is 1. The van der Waals surface area contributed by atoms with Crippen LogP contribution in [0.1, 0.15) is 24.8 Å². The van der Waals surface area contributed by atoms with Gasteiger partial charge in [0.1, 0.15) is 5.82 Å². The van der Waals surface area contributed by atoms with E-state index in [1.54, 1.807) is 23.1 Å². The normalized spacial score (nSPS) is 22.5. The molecule has 2 rings (SSSR count). The van der Waals surface area contributed by atoms with Crippen molar-refractivity contribution in [2.75, 3.05) is 13.6 Å². The van der Waals surface area contributed by atoms with Gasteiger partial charge in [-0.2, -0.15) is 0 Å². The number of rotatable bonds is 4. The van der Waals surface area contributed by atoms with Gasteiger partial charge in [-0.05, 0) is 36.9 Å². The summed E-state index contributed by atoms with van der Waals surface area (Å²) in [4.78, 5) is 14.0. The van der Waals surface area contributed by atoms with Gasteiger partial charge >= 0.3 is 0 Å². The maximum absolute atomic E-state index is 13.5. The predicted octanol–water partition coefficient (Wildman–Crippen LogP) is 1.95. The first-order valence-electron chi connectivity index (χ1n) is 6.82. The fourth-order valence-electron chi connectivity index (χ4n) is 2.92. The summed E-state index contributed by atoms with van der Waals surface area (Å²) in [6.07, 6.45) is 3.32. The van der Waals surface area contributed by atoms with Gasteiger partial charge in [0.15, 0.2) is 0 Å². The molecule has 1 aromatic carbocycles. The summed E-state index contributed by atoms with van der Waals surface area (Å²) in [6.45, 7) is 0.613. The highest BCUT2D eigenvalue weighted by Gasteiger charge is 2.31. The number of nitrogens with zero attached hydrogens (tertiary/aromatic N) is 1. The van der Waals surface area contributed by atoms with Crippen LogP contribution in [-0.4, -0.2) is 30.4 Å². The van der Waals surface area contributed by atoms with Crippen LogP contribution >= 0.6 is 0 Å². The molecule has 0 aliphatic heterocycles. The molecule has 0 heterocycles. The molecular formula is C15H21FN2O. The third-order valence-electron chi connectivity index (χ3n) is 4.11. The SMILES string of the molecule is CN(C(=O)Cc1ccccc1F)C1CCCC1CN. The molecule has 3 nitrogen and oxygen atoms in total. The molecule has 104 valence electrons. The lowest BCUT2D eigenvalue weighted by Gasteiger charge is -2.29. The molecule has 1 aliphatic carbocycles. The van der Waals surface area contributed by atoms with Gasteiger partial charge in [-0.1, -0.05) is 24.6 Å². The van der Waals surface area contributed by atoms with Crippen LogP contribution in [0.5, 0.6) is 0 Å². The van der Waals surface area contributed by atoms with Gasteiger partial charge in [-0.15, -0.1) is 0 Å². The van der Waals surface area contributed by atoms with Crippen LogP contribution in [0.4, 0.5) is 4.39 Å². The first-order chi connectivity index (χ1) is 9.13. The van der Waals surface area contributed by atoms with Crippen LogP contribution in [-0.2, 0) is 11.2 Å². The molecule has 0 bridgehead atoms. The second kappa shape index (κ2) is 6.15. The first-order valence-corrected chi connectivity index (χ1v) is 6.82. The average molecular weight is 264 g/mol. The molecular weight excluding hydrogens is 243 g/mol. The Morgan fingerprint density at radius 1 is 1.42 bits per heavy atom. The van der Waals surface area contributed by atoms with Crippen molar-refractivity contribution >= 4 is 5.91 Å². The summed E-state index contributed by atoms with van der Waals surface area (Å²) in [6, 6.07) is 6.65. The molecule has 1 fully saturated rings. The summed E-state index contributed by atoms with van der Waals surface area (Å²) in [5.74, 6) is 0.0380. The Kier molecular flexibility index (Phi) is 4.53. The van der Waals surface area contributed by atoms with Gasteiger partial charge in [0, 0.05) is 13.1 Å². The number of amides is 1. The van der Waals surface area contributed by atoms with Gasteiger partial charge in [-0.3, -0.25) is 4.79 Å². The maximum Gasteiger partial charge on any atom is 0.227 e. The van der Waals surface area contributed by atoms with Crippen molar-refractivity contribution < 1.29 is 9.18 Å². The van der Waals surface area contributed by atoms with Crippen molar-refractivity contribution in [2.24, 2.45) is 11.7 Å². The third-order valence-corrected chi connectivity index (χ3v) is 4.11. The van der Waals surface area contributed by atoms with Crippen LogP contribution in [0.15, 0.2) is 24.3 Å². The molecule has 2 unspecified atom stereocenters. The summed E-state index contributed by atoms with van der Waals surface area (Å²) in [5, 5.41) is 0. The van der Waals surface area contributed by atoms with E-state index in [1.807, 2.05) is 7.05 Å². The van der Waals surface area contributed by atoms with Crippen molar-refractivity contribution in [3.05, 3.63) is 35.6 Å². The van der Waals surface area contributed by atoms with Crippen molar-refractivity contribution in [1.82, 2.24) is 4.90 Å². The molecule has 19 heavy (non-hydrogen) atoms. The number of likely N-dealkylation sites (N-methyl/N-ethyl adjacent to an activating group) is 1. The standard InChI is InChI=1S/C15H21FN2O/c1-18(14-8-4-6-12(14)10-17)15(19)9-11-5-2-3-7-13(11)16/h2-3,5,7,12,14H,4,6,8-10,17H2,1H3. The van der Waals surface area contributed by atoms with Crippen molar-refractivity contribution in [3.63, 3.8) is 0 Å². The lowest BCUT2D eigenvalue weighted by Crippen LogP contribution is -2.42. The highest BCUT2D eigenvalue weighted by Crippen LogP contribution is 2.28. The number of nitrogens with two attached hydrogens (primary N) is 1. The van der Waals surface area contributed by atoms with Crippen molar-refractivity contribution in [1.29, 1.82) is 0 Å². The monoisotopic (exact) mass is 264 g/mol. The van der Waals surface area contributed by atoms with E-state index in [-0.39, 0.29) is 24.2 Å². The number of carbonyl (C=O) groups is 1. The van der Waals surface area contributed by atoms with E-state index in [1.165, 1.54) is 6.07 Å². The molecule has 0 saturated heterocycles. The molecule has 1 aliphatic rings. The Hall–Kier alpha value is -1.42. The van der Waals surface area contributed by atoms with Gasteiger partial charge in [-0.25, -0.2) is 4.39 Å². The largest absolute Gasteiger partial charge is 0.342 e. The van der Waals surface area contributed by atoms with Gasteiger partial charge in [0.2, 0.25) is 5.91 Å². The second-order valence-corrected chi connectivity index (χ2v) is 5.27. The van der Waals surface area contributed by atoms with Crippen molar-refractivity contribution in [2.45, 2.75) is 31.7 Å². The highest BCUT2D eigenvalue weighted by atomic mass is 19.1. The van der Waals surface area contributed by atoms with E-state index < -0.39 is 0 Å².